The Labute approximate surface area is 125 Å². The second-order valence-electron chi connectivity index (χ2n) is 4.70. The number of rotatable bonds is 8. The molecule has 1 aromatic heterocycles. The van der Waals surface area contributed by atoms with Gasteiger partial charge in [0, 0.05) is 23.5 Å². The van der Waals surface area contributed by atoms with E-state index in [1.165, 1.54) is 25.0 Å². The van der Waals surface area contributed by atoms with E-state index in [1.807, 2.05) is 36.2 Å². The molecule has 0 saturated heterocycles. The van der Waals surface area contributed by atoms with E-state index in [-0.39, 0.29) is 0 Å². The van der Waals surface area contributed by atoms with Crippen molar-refractivity contribution in [1.82, 2.24) is 4.98 Å². The molecule has 2 aromatic rings. The zero-order valence-corrected chi connectivity index (χ0v) is 13.0. The van der Waals surface area contributed by atoms with E-state index in [0.717, 1.165) is 28.9 Å². The average Bonchev–Trinajstić information content (AvgIpc) is 2.50. The van der Waals surface area contributed by atoms with E-state index in [2.05, 4.69) is 22.6 Å². The lowest BCUT2D eigenvalue weighted by atomic mass is 10.1. The van der Waals surface area contributed by atoms with Gasteiger partial charge in [-0.25, -0.2) is 4.98 Å². The molecule has 108 valence electrons. The van der Waals surface area contributed by atoms with Crippen LogP contribution < -0.4 is 10.1 Å². The lowest BCUT2D eigenvalue weighted by Gasteiger charge is -2.10. The van der Waals surface area contributed by atoms with Crippen LogP contribution in [0.2, 0.25) is 0 Å². The first-order valence-corrected chi connectivity index (χ1v) is 8.40. The summed E-state index contributed by atoms with van der Waals surface area (Å²) in [5, 5.41) is 5.67. The van der Waals surface area contributed by atoms with E-state index in [9.17, 15) is 0 Å². The first kappa shape index (κ1) is 15.0. The van der Waals surface area contributed by atoms with Gasteiger partial charge in [-0.05, 0) is 37.0 Å². The van der Waals surface area contributed by atoms with Gasteiger partial charge in [0.15, 0.2) is 0 Å². The molecular weight excluding hydrogens is 268 g/mol. The number of nitrogens with one attached hydrogen (secondary N) is 1. The molecule has 0 spiro atoms. The molecule has 2 rings (SSSR count). The molecule has 0 saturated carbocycles. The Morgan fingerprint density at radius 3 is 2.85 bits per heavy atom. The van der Waals surface area contributed by atoms with Crippen molar-refractivity contribution < 1.29 is 4.74 Å². The molecule has 0 aliphatic heterocycles. The summed E-state index contributed by atoms with van der Waals surface area (Å²) in [5.41, 5.74) is 0. The van der Waals surface area contributed by atoms with Crippen molar-refractivity contribution in [3.63, 3.8) is 0 Å². The summed E-state index contributed by atoms with van der Waals surface area (Å²) >= 11 is 1.92. The quantitative estimate of drug-likeness (QED) is 0.739. The zero-order valence-electron chi connectivity index (χ0n) is 12.2. The Kier molecular flexibility index (Phi) is 5.99. The van der Waals surface area contributed by atoms with Crippen LogP contribution in [0.5, 0.6) is 5.75 Å². The molecule has 1 N–H and O–H groups in total. The maximum Gasteiger partial charge on any atom is 0.133 e. The van der Waals surface area contributed by atoms with Crippen molar-refractivity contribution >= 4 is 28.4 Å². The van der Waals surface area contributed by atoms with E-state index < -0.39 is 0 Å². The monoisotopic (exact) mass is 290 g/mol. The second kappa shape index (κ2) is 8.00. The van der Waals surface area contributed by atoms with Gasteiger partial charge in [-0.2, -0.15) is 11.8 Å². The molecule has 1 heterocycles. The molecule has 0 fully saturated rings. The lowest BCUT2D eigenvalue weighted by Crippen LogP contribution is -2.04. The number of fused-ring (bicyclic) bond motifs is 1. The summed E-state index contributed by atoms with van der Waals surface area (Å²) in [6, 6.07) is 8.07. The maximum atomic E-state index is 5.39. The van der Waals surface area contributed by atoms with Crippen LogP contribution in [-0.2, 0) is 0 Å². The third-order valence-electron chi connectivity index (χ3n) is 3.30. The van der Waals surface area contributed by atoms with E-state index in [1.54, 1.807) is 7.11 Å². The standard InChI is InChI=1S/C16H22N2OS/c1-19-15-8-6-7-14-13(15)9-11-18-16(14)17-10-4-3-5-12-20-2/h6-9,11H,3-5,10,12H2,1-2H3,(H,17,18). The molecular formula is C16H22N2OS. The second-order valence-corrected chi connectivity index (χ2v) is 5.68. The Bertz CT molecular complexity index is 545. The van der Waals surface area contributed by atoms with Gasteiger partial charge in [0.05, 0.1) is 7.11 Å². The number of unbranched alkanes of at least 4 members (excludes halogenated alkanes) is 2. The van der Waals surface area contributed by atoms with Gasteiger partial charge in [-0.3, -0.25) is 0 Å². The third kappa shape index (κ3) is 3.79. The van der Waals surface area contributed by atoms with Gasteiger partial charge in [0.2, 0.25) is 0 Å². The van der Waals surface area contributed by atoms with Crippen LogP contribution in [0.15, 0.2) is 30.5 Å². The predicted octanol–water partition coefficient (Wildman–Crippen LogP) is 4.19. The molecule has 0 amide bonds. The van der Waals surface area contributed by atoms with Gasteiger partial charge < -0.3 is 10.1 Å². The minimum atomic E-state index is 0.896. The normalized spacial score (nSPS) is 10.7. The summed E-state index contributed by atoms with van der Waals surface area (Å²) in [4.78, 5) is 4.45. The highest BCUT2D eigenvalue weighted by Gasteiger charge is 2.05. The van der Waals surface area contributed by atoms with Gasteiger partial charge >= 0.3 is 0 Å². The summed E-state index contributed by atoms with van der Waals surface area (Å²) in [6.07, 6.45) is 7.73. The molecule has 4 heteroatoms. The minimum absolute atomic E-state index is 0.896. The molecule has 0 bridgehead atoms. The number of aromatic nitrogens is 1. The molecule has 0 unspecified atom stereocenters. The fourth-order valence-corrected chi connectivity index (χ4v) is 2.74. The number of hydrogen-bond acceptors (Lipinski definition) is 4. The molecule has 3 nitrogen and oxygen atoms in total. The lowest BCUT2D eigenvalue weighted by molar-refractivity contribution is 0.420. The van der Waals surface area contributed by atoms with Crippen LogP contribution >= 0.6 is 11.8 Å². The number of pyridine rings is 1. The molecule has 0 atom stereocenters. The highest BCUT2D eigenvalue weighted by Crippen LogP contribution is 2.28. The molecule has 0 aliphatic rings. The van der Waals surface area contributed by atoms with Crippen LogP contribution in [0.3, 0.4) is 0 Å². The highest BCUT2D eigenvalue weighted by molar-refractivity contribution is 7.98. The van der Waals surface area contributed by atoms with Crippen LogP contribution in [-0.4, -0.2) is 30.6 Å². The number of methoxy groups -OCH3 is 1. The summed E-state index contributed by atoms with van der Waals surface area (Å²) in [5.74, 6) is 3.10. The van der Waals surface area contributed by atoms with Crippen LogP contribution in [0.1, 0.15) is 19.3 Å². The number of hydrogen-bond donors (Lipinski definition) is 1. The highest BCUT2D eigenvalue weighted by atomic mass is 32.2. The van der Waals surface area contributed by atoms with Crippen molar-refractivity contribution in [2.75, 3.05) is 31.0 Å². The largest absolute Gasteiger partial charge is 0.496 e. The summed E-state index contributed by atoms with van der Waals surface area (Å²) in [7, 11) is 1.70. The Balaban J connectivity index is 2.00. The maximum absolute atomic E-state index is 5.39. The summed E-state index contributed by atoms with van der Waals surface area (Å²) < 4.78 is 5.39. The van der Waals surface area contributed by atoms with Crippen molar-refractivity contribution in [3.05, 3.63) is 30.5 Å². The van der Waals surface area contributed by atoms with Crippen molar-refractivity contribution in [2.45, 2.75) is 19.3 Å². The first-order valence-electron chi connectivity index (χ1n) is 7.01. The zero-order chi connectivity index (χ0) is 14.2. The molecule has 20 heavy (non-hydrogen) atoms. The Morgan fingerprint density at radius 2 is 2.05 bits per heavy atom. The topological polar surface area (TPSA) is 34.1 Å². The smallest absolute Gasteiger partial charge is 0.133 e. The molecule has 1 aromatic carbocycles. The first-order chi connectivity index (χ1) is 9.86. The van der Waals surface area contributed by atoms with E-state index >= 15 is 0 Å². The predicted molar refractivity (Wildman–Crippen MR) is 89.0 cm³/mol. The number of ether oxygens (including phenoxy) is 1. The fourth-order valence-electron chi connectivity index (χ4n) is 2.25. The SMILES string of the molecule is COc1cccc2c(NCCCCCSC)nccc12. The number of nitrogens with zero attached hydrogens (tertiary/aromatic N) is 1. The van der Waals surface area contributed by atoms with Crippen LogP contribution in [0.25, 0.3) is 10.8 Å². The number of benzene rings is 1. The molecule has 0 radical (unpaired) electrons. The Morgan fingerprint density at radius 1 is 1.15 bits per heavy atom. The fraction of sp³-hybridized carbons (Fsp3) is 0.438. The summed E-state index contributed by atoms with van der Waals surface area (Å²) in [6.45, 7) is 0.970. The number of anilines is 1. The average molecular weight is 290 g/mol. The van der Waals surface area contributed by atoms with Gasteiger partial charge in [0.1, 0.15) is 11.6 Å². The van der Waals surface area contributed by atoms with Crippen LogP contribution in [0, 0.1) is 0 Å². The third-order valence-corrected chi connectivity index (χ3v) is 4.00. The van der Waals surface area contributed by atoms with Gasteiger partial charge in [-0.1, -0.05) is 18.6 Å². The van der Waals surface area contributed by atoms with E-state index in [0.29, 0.717) is 0 Å². The van der Waals surface area contributed by atoms with Crippen molar-refractivity contribution in [2.24, 2.45) is 0 Å². The van der Waals surface area contributed by atoms with Crippen molar-refractivity contribution in [3.8, 4) is 5.75 Å². The minimum Gasteiger partial charge on any atom is -0.496 e. The van der Waals surface area contributed by atoms with Crippen molar-refractivity contribution in [1.29, 1.82) is 0 Å². The van der Waals surface area contributed by atoms with Gasteiger partial charge in [0.25, 0.3) is 0 Å². The number of thioether (sulfide) groups is 1. The Hall–Kier alpha value is -1.42. The van der Waals surface area contributed by atoms with Gasteiger partial charge in [-0.15, -0.1) is 0 Å². The van der Waals surface area contributed by atoms with E-state index in [4.69, 9.17) is 4.74 Å². The molecule has 0 aliphatic carbocycles. The van der Waals surface area contributed by atoms with Crippen LogP contribution in [0.4, 0.5) is 5.82 Å².